The summed E-state index contributed by atoms with van der Waals surface area (Å²) in [6.45, 7) is 8.07. The number of imidazole rings is 1. The molecule has 0 aliphatic carbocycles. The van der Waals surface area contributed by atoms with E-state index in [1.165, 1.54) is 0 Å². The highest BCUT2D eigenvalue weighted by Gasteiger charge is 2.51. The first kappa shape index (κ1) is 12.5. The Balaban J connectivity index is 0.00000147. The highest BCUT2D eigenvalue weighted by molar-refractivity contribution is 6.62. The van der Waals surface area contributed by atoms with Gasteiger partial charge in [-0.25, -0.2) is 4.79 Å². The van der Waals surface area contributed by atoms with Crippen molar-refractivity contribution in [2.45, 2.75) is 38.9 Å². The lowest BCUT2D eigenvalue weighted by Gasteiger charge is -2.32. The van der Waals surface area contributed by atoms with Crippen molar-refractivity contribution in [2.24, 2.45) is 0 Å². The van der Waals surface area contributed by atoms with Crippen LogP contribution in [0.4, 0.5) is 0 Å². The van der Waals surface area contributed by atoms with Crippen LogP contribution in [0.2, 0.25) is 0 Å². The van der Waals surface area contributed by atoms with E-state index in [9.17, 15) is 4.79 Å². The van der Waals surface area contributed by atoms with E-state index < -0.39 is 7.12 Å². The first-order chi connectivity index (χ1) is 8.78. The molecule has 0 unspecified atom stereocenters. The van der Waals surface area contributed by atoms with Gasteiger partial charge in [0.25, 0.3) is 0 Å². The molecule has 0 saturated carbocycles. The van der Waals surface area contributed by atoms with E-state index >= 15 is 0 Å². The van der Waals surface area contributed by atoms with E-state index in [1.807, 2.05) is 45.9 Å². The smallest absolute Gasteiger partial charge is 0.399 e. The molecular formula is C13H19BN2O3. The van der Waals surface area contributed by atoms with Gasteiger partial charge in [-0.1, -0.05) is 6.07 Å². The van der Waals surface area contributed by atoms with Crippen LogP contribution in [-0.4, -0.2) is 28.3 Å². The Morgan fingerprint density at radius 1 is 1.05 bits per heavy atom. The Labute approximate surface area is 112 Å². The van der Waals surface area contributed by atoms with Crippen molar-refractivity contribution in [3.8, 4) is 0 Å². The van der Waals surface area contributed by atoms with Gasteiger partial charge < -0.3 is 19.3 Å². The van der Waals surface area contributed by atoms with Gasteiger partial charge in [-0.15, -0.1) is 0 Å². The number of H-pyrrole nitrogens is 2. The van der Waals surface area contributed by atoms with Crippen LogP contribution in [0, 0.1) is 0 Å². The van der Waals surface area contributed by atoms with E-state index in [1.54, 1.807) is 0 Å². The van der Waals surface area contributed by atoms with Crippen molar-refractivity contribution >= 4 is 23.6 Å². The number of fused-ring (bicyclic) bond motifs is 1. The van der Waals surface area contributed by atoms with Crippen LogP contribution in [-0.2, 0) is 9.31 Å². The molecule has 5 nitrogen and oxygen atoms in total. The molecule has 102 valence electrons. The monoisotopic (exact) mass is 262 g/mol. The molecule has 0 atom stereocenters. The van der Waals surface area contributed by atoms with Gasteiger partial charge in [-0.2, -0.15) is 0 Å². The number of nitrogens with one attached hydrogen (secondary N) is 2. The van der Waals surface area contributed by atoms with Crippen LogP contribution >= 0.6 is 0 Å². The van der Waals surface area contributed by atoms with E-state index in [0.29, 0.717) is 0 Å². The predicted molar refractivity (Wildman–Crippen MR) is 76.7 cm³/mol. The topological polar surface area (TPSA) is 67.1 Å². The molecule has 0 radical (unpaired) electrons. The largest absolute Gasteiger partial charge is 0.494 e. The summed E-state index contributed by atoms with van der Waals surface area (Å²) in [5.74, 6) is 0. The van der Waals surface area contributed by atoms with Crippen molar-refractivity contribution in [3.63, 3.8) is 0 Å². The molecule has 1 aliphatic heterocycles. The summed E-state index contributed by atoms with van der Waals surface area (Å²) in [4.78, 5) is 16.7. The lowest BCUT2D eigenvalue weighted by Crippen LogP contribution is -2.41. The fourth-order valence-corrected chi connectivity index (χ4v) is 2.18. The third-order valence-electron chi connectivity index (χ3n) is 4.07. The van der Waals surface area contributed by atoms with Crippen LogP contribution in [0.15, 0.2) is 23.0 Å². The van der Waals surface area contributed by atoms with Gasteiger partial charge in [-0.3, -0.25) is 0 Å². The number of hydrogen-bond donors (Lipinski definition) is 2. The molecule has 1 saturated heterocycles. The summed E-state index contributed by atoms with van der Waals surface area (Å²) in [5.41, 5.74) is 1.51. The van der Waals surface area contributed by atoms with Gasteiger partial charge in [0.2, 0.25) is 0 Å². The zero-order valence-corrected chi connectivity index (χ0v) is 11.5. The van der Waals surface area contributed by atoms with Gasteiger partial charge >= 0.3 is 12.8 Å². The third-order valence-corrected chi connectivity index (χ3v) is 4.07. The Morgan fingerprint density at radius 3 is 2.26 bits per heavy atom. The van der Waals surface area contributed by atoms with Crippen molar-refractivity contribution in [1.82, 2.24) is 9.97 Å². The molecule has 1 aliphatic rings. The summed E-state index contributed by atoms with van der Waals surface area (Å²) in [6, 6.07) is 5.65. The lowest BCUT2D eigenvalue weighted by atomic mass is 9.79. The average Bonchev–Trinajstić information content (AvgIpc) is 2.74. The zero-order valence-electron chi connectivity index (χ0n) is 11.5. The Hall–Kier alpha value is -1.53. The summed E-state index contributed by atoms with van der Waals surface area (Å²) in [7, 11) is -0.409. The quantitative estimate of drug-likeness (QED) is 0.763. The summed E-state index contributed by atoms with van der Waals surface area (Å²) >= 11 is 0. The molecule has 1 aromatic heterocycles. The molecule has 6 heteroatoms. The van der Waals surface area contributed by atoms with Gasteiger partial charge in [0.15, 0.2) is 0 Å². The van der Waals surface area contributed by atoms with Gasteiger partial charge in [-0.05, 0) is 45.3 Å². The van der Waals surface area contributed by atoms with Crippen LogP contribution in [0.3, 0.4) is 0 Å². The molecule has 2 heterocycles. The minimum atomic E-state index is -0.409. The SMILES string of the molecule is CC1(C)OB(c2ccc3[nH]c(=O)[nH]c3c2)OC1(C)C.[HH]. The standard InChI is InChI=1S/C13H17BN2O3.H2/c1-12(2)13(3,4)19-14(18-12)8-5-6-9-10(7-8)16-11(17)15-9;/h5-7H,1-4H3,(H2,15,16,17);1H. The number of benzene rings is 1. The van der Waals surface area contributed by atoms with Gasteiger partial charge in [0.05, 0.1) is 22.2 Å². The average molecular weight is 262 g/mol. The van der Waals surface area contributed by atoms with Crippen LogP contribution in [0.5, 0.6) is 0 Å². The normalized spacial score (nSPS) is 21.2. The van der Waals surface area contributed by atoms with Crippen LogP contribution in [0.25, 0.3) is 11.0 Å². The minimum absolute atomic E-state index is 0. The Bertz CT molecular complexity index is 676. The molecule has 0 spiro atoms. The van der Waals surface area contributed by atoms with Crippen LogP contribution in [0.1, 0.15) is 29.1 Å². The van der Waals surface area contributed by atoms with Crippen molar-refractivity contribution in [1.29, 1.82) is 0 Å². The fourth-order valence-electron chi connectivity index (χ4n) is 2.18. The first-order valence-corrected chi connectivity index (χ1v) is 6.36. The molecule has 2 aromatic rings. The maximum absolute atomic E-state index is 11.3. The number of aromatic nitrogens is 2. The zero-order chi connectivity index (χ0) is 13.8. The van der Waals surface area contributed by atoms with Crippen molar-refractivity contribution < 1.29 is 10.7 Å². The molecule has 19 heavy (non-hydrogen) atoms. The number of hydrogen-bond acceptors (Lipinski definition) is 3. The molecule has 0 bridgehead atoms. The minimum Gasteiger partial charge on any atom is -0.399 e. The number of rotatable bonds is 1. The maximum atomic E-state index is 11.3. The molecule has 0 amide bonds. The lowest BCUT2D eigenvalue weighted by molar-refractivity contribution is 0.00578. The highest BCUT2D eigenvalue weighted by atomic mass is 16.7. The van der Waals surface area contributed by atoms with Gasteiger partial charge in [0.1, 0.15) is 0 Å². The molecule has 3 rings (SSSR count). The highest BCUT2D eigenvalue weighted by Crippen LogP contribution is 2.36. The summed E-state index contributed by atoms with van der Waals surface area (Å²) < 4.78 is 12.0. The van der Waals surface area contributed by atoms with E-state index in [2.05, 4.69) is 9.97 Å². The van der Waals surface area contributed by atoms with Crippen molar-refractivity contribution in [3.05, 3.63) is 28.7 Å². The fraction of sp³-hybridized carbons (Fsp3) is 0.462. The van der Waals surface area contributed by atoms with Gasteiger partial charge in [0, 0.05) is 1.43 Å². The predicted octanol–water partition coefficient (Wildman–Crippen LogP) is 1.40. The number of aromatic amines is 2. The first-order valence-electron chi connectivity index (χ1n) is 6.36. The Kier molecular flexibility index (Phi) is 2.46. The van der Waals surface area contributed by atoms with E-state index in [4.69, 9.17) is 9.31 Å². The second kappa shape index (κ2) is 3.74. The molecule has 1 fully saturated rings. The van der Waals surface area contributed by atoms with Crippen LogP contribution < -0.4 is 11.2 Å². The van der Waals surface area contributed by atoms with E-state index in [0.717, 1.165) is 16.5 Å². The second-order valence-corrected chi connectivity index (χ2v) is 5.97. The second-order valence-electron chi connectivity index (χ2n) is 5.97. The third kappa shape index (κ3) is 1.91. The molecular weight excluding hydrogens is 243 g/mol. The van der Waals surface area contributed by atoms with Crippen molar-refractivity contribution in [2.75, 3.05) is 0 Å². The maximum Gasteiger partial charge on any atom is 0.494 e. The molecule has 2 N–H and O–H groups in total. The molecule has 1 aromatic carbocycles. The summed E-state index contributed by atoms with van der Waals surface area (Å²) in [6.07, 6.45) is 0. The van der Waals surface area contributed by atoms with E-state index in [-0.39, 0.29) is 18.3 Å². The Morgan fingerprint density at radius 2 is 1.63 bits per heavy atom. The summed E-state index contributed by atoms with van der Waals surface area (Å²) in [5, 5.41) is 0.